The standard InChI is InChI=1S/C10H13N5O2S/c11-18(16,17)6-5-13-9-1-3-10(4-2-9)15-8-12-7-14-15/h1-4,7-8,13H,5-6H2,(H2,11,16,17). The molecule has 7 nitrogen and oxygen atoms in total. The van der Waals surface area contributed by atoms with E-state index in [0.29, 0.717) is 0 Å². The molecule has 1 aromatic carbocycles. The number of nitrogens with zero attached hydrogens (tertiary/aromatic N) is 3. The molecule has 0 saturated carbocycles. The number of nitrogens with two attached hydrogens (primary N) is 1. The number of hydrogen-bond donors (Lipinski definition) is 2. The lowest BCUT2D eigenvalue weighted by atomic mass is 10.3. The van der Waals surface area contributed by atoms with Gasteiger partial charge in [0.25, 0.3) is 0 Å². The number of benzene rings is 1. The van der Waals surface area contributed by atoms with Gasteiger partial charge in [-0.15, -0.1) is 0 Å². The maximum Gasteiger partial charge on any atom is 0.210 e. The van der Waals surface area contributed by atoms with E-state index in [4.69, 9.17) is 5.14 Å². The SMILES string of the molecule is NS(=O)(=O)CCNc1ccc(-n2cncn2)cc1. The highest BCUT2D eigenvalue weighted by Crippen LogP contribution is 2.11. The van der Waals surface area contributed by atoms with E-state index in [9.17, 15) is 8.42 Å². The van der Waals surface area contributed by atoms with Crippen LogP contribution in [-0.2, 0) is 10.0 Å². The van der Waals surface area contributed by atoms with Gasteiger partial charge in [0.1, 0.15) is 12.7 Å². The number of rotatable bonds is 5. The van der Waals surface area contributed by atoms with Gasteiger partial charge in [-0.25, -0.2) is 23.2 Å². The van der Waals surface area contributed by atoms with Crippen LogP contribution in [0.2, 0.25) is 0 Å². The van der Waals surface area contributed by atoms with E-state index in [2.05, 4.69) is 15.4 Å². The fourth-order valence-electron chi connectivity index (χ4n) is 1.41. The Morgan fingerprint density at radius 1 is 1.28 bits per heavy atom. The highest BCUT2D eigenvalue weighted by atomic mass is 32.2. The lowest BCUT2D eigenvalue weighted by Crippen LogP contribution is -2.22. The minimum atomic E-state index is -3.42. The molecule has 0 radical (unpaired) electrons. The molecule has 8 heteroatoms. The Morgan fingerprint density at radius 3 is 2.56 bits per heavy atom. The average molecular weight is 267 g/mol. The first-order valence-electron chi connectivity index (χ1n) is 5.24. The first-order chi connectivity index (χ1) is 8.54. The summed E-state index contributed by atoms with van der Waals surface area (Å²) in [6.45, 7) is 0.279. The van der Waals surface area contributed by atoms with Crippen LogP contribution in [0.25, 0.3) is 5.69 Å². The van der Waals surface area contributed by atoms with Crippen molar-refractivity contribution in [1.82, 2.24) is 14.8 Å². The van der Waals surface area contributed by atoms with Gasteiger partial charge < -0.3 is 5.32 Å². The monoisotopic (exact) mass is 267 g/mol. The normalized spacial score (nSPS) is 11.4. The maximum atomic E-state index is 10.8. The Bertz CT molecular complexity index is 592. The molecule has 0 spiro atoms. The van der Waals surface area contributed by atoms with Crippen molar-refractivity contribution >= 4 is 15.7 Å². The number of nitrogens with one attached hydrogen (secondary N) is 1. The van der Waals surface area contributed by atoms with Crippen molar-refractivity contribution in [3.05, 3.63) is 36.9 Å². The van der Waals surface area contributed by atoms with Gasteiger partial charge in [-0.2, -0.15) is 5.10 Å². The van der Waals surface area contributed by atoms with E-state index in [1.54, 1.807) is 11.0 Å². The van der Waals surface area contributed by atoms with Gasteiger partial charge in [-0.1, -0.05) is 0 Å². The Morgan fingerprint density at radius 2 is 2.00 bits per heavy atom. The molecule has 0 aliphatic rings. The third-order valence-corrected chi connectivity index (χ3v) is 3.04. The van der Waals surface area contributed by atoms with Gasteiger partial charge in [0.15, 0.2) is 0 Å². The van der Waals surface area contributed by atoms with E-state index in [1.165, 1.54) is 6.33 Å². The molecular formula is C10H13N5O2S. The fraction of sp³-hybridized carbons (Fsp3) is 0.200. The zero-order chi connectivity index (χ0) is 13.0. The molecule has 0 fully saturated rings. The van der Waals surface area contributed by atoms with Crippen LogP contribution >= 0.6 is 0 Å². The van der Waals surface area contributed by atoms with Crippen molar-refractivity contribution in [2.45, 2.75) is 0 Å². The molecular weight excluding hydrogens is 254 g/mol. The lowest BCUT2D eigenvalue weighted by Gasteiger charge is -2.06. The van der Waals surface area contributed by atoms with Crippen LogP contribution in [0.5, 0.6) is 0 Å². The van der Waals surface area contributed by atoms with Gasteiger partial charge in [0.2, 0.25) is 10.0 Å². The van der Waals surface area contributed by atoms with E-state index < -0.39 is 10.0 Å². The Kier molecular flexibility index (Phi) is 3.58. The van der Waals surface area contributed by atoms with E-state index in [1.807, 2.05) is 24.3 Å². The van der Waals surface area contributed by atoms with Crippen molar-refractivity contribution in [1.29, 1.82) is 0 Å². The zero-order valence-corrected chi connectivity index (χ0v) is 10.3. The van der Waals surface area contributed by atoms with Crippen LogP contribution in [0.1, 0.15) is 0 Å². The second-order valence-corrected chi connectivity index (χ2v) is 5.41. The van der Waals surface area contributed by atoms with Crippen molar-refractivity contribution in [2.75, 3.05) is 17.6 Å². The first-order valence-corrected chi connectivity index (χ1v) is 6.95. The molecule has 0 amide bonds. The fourth-order valence-corrected chi connectivity index (χ4v) is 1.80. The van der Waals surface area contributed by atoms with Crippen molar-refractivity contribution in [3.63, 3.8) is 0 Å². The van der Waals surface area contributed by atoms with Crippen molar-refractivity contribution in [3.8, 4) is 5.69 Å². The second kappa shape index (κ2) is 5.15. The molecule has 0 aliphatic heterocycles. The number of primary sulfonamides is 1. The molecule has 0 bridgehead atoms. The smallest absolute Gasteiger partial charge is 0.210 e. The summed E-state index contributed by atoms with van der Waals surface area (Å²) < 4.78 is 23.1. The van der Waals surface area contributed by atoms with Crippen LogP contribution in [0.3, 0.4) is 0 Å². The molecule has 2 rings (SSSR count). The number of anilines is 1. The zero-order valence-electron chi connectivity index (χ0n) is 9.52. The molecule has 1 aromatic heterocycles. The highest BCUT2D eigenvalue weighted by Gasteiger charge is 2.02. The molecule has 0 unspecified atom stereocenters. The van der Waals surface area contributed by atoms with Gasteiger partial charge in [-0.05, 0) is 24.3 Å². The van der Waals surface area contributed by atoms with E-state index in [0.717, 1.165) is 11.4 Å². The molecule has 3 N–H and O–H groups in total. The first kappa shape index (κ1) is 12.5. The van der Waals surface area contributed by atoms with Gasteiger partial charge >= 0.3 is 0 Å². The highest BCUT2D eigenvalue weighted by molar-refractivity contribution is 7.89. The van der Waals surface area contributed by atoms with Gasteiger partial charge in [0.05, 0.1) is 11.4 Å². The molecule has 0 aliphatic carbocycles. The summed E-state index contributed by atoms with van der Waals surface area (Å²) >= 11 is 0. The third-order valence-electron chi connectivity index (χ3n) is 2.27. The Hall–Kier alpha value is -1.93. The molecule has 2 aromatic rings. The van der Waals surface area contributed by atoms with Crippen molar-refractivity contribution in [2.24, 2.45) is 5.14 Å². The molecule has 1 heterocycles. The summed E-state index contributed by atoms with van der Waals surface area (Å²) in [7, 11) is -3.42. The maximum absolute atomic E-state index is 10.8. The lowest BCUT2D eigenvalue weighted by molar-refractivity contribution is 0.598. The third kappa shape index (κ3) is 3.54. The predicted octanol–water partition coefficient (Wildman–Crippen LogP) is -0.0323. The summed E-state index contributed by atoms with van der Waals surface area (Å²) in [6, 6.07) is 7.38. The topological polar surface area (TPSA) is 103 Å². The summed E-state index contributed by atoms with van der Waals surface area (Å²) in [5, 5.41) is 11.9. The second-order valence-electron chi connectivity index (χ2n) is 3.68. The van der Waals surface area contributed by atoms with Crippen LogP contribution < -0.4 is 10.5 Å². The van der Waals surface area contributed by atoms with Gasteiger partial charge in [-0.3, -0.25) is 0 Å². The van der Waals surface area contributed by atoms with Crippen LogP contribution in [0, 0.1) is 0 Å². The average Bonchev–Trinajstić information content (AvgIpc) is 2.82. The minimum absolute atomic E-state index is 0.0994. The van der Waals surface area contributed by atoms with Crippen LogP contribution in [0.4, 0.5) is 5.69 Å². The quantitative estimate of drug-likeness (QED) is 0.791. The molecule has 0 saturated heterocycles. The largest absolute Gasteiger partial charge is 0.384 e. The Labute approximate surface area is 105 Å². The summed E-state index contributed by atoms with van der Waals surface area (Å²) in [6.07, 6.45) is 3.06. The molecule has 0 atom stereocenters. The van der Waals surface area contributed by atoms with Crippen LogP contribution in [0.15, 0.2) is 36.9 Å². The van der Waals surface area contributed by atoms with Crippen LogP contribution in [-0.4, -0.2) is 35.5 Å². The molecule has 96 valence electrons. The number of aromatic nitrogens is 3. The Balaban J connectivity index is 1.96. The molecule has 18 heavy (non-hydrogen) atoms. The van der Waals surface area contributed by atoms with Gasteiger partial charge in [0, 0.05) is 12.2 Å². The number of sulfonamides is 1. The van der Waals surface area contributed by atoms with E-state index >= 15 is 0 Å². The summed E-state index contributed by atoms with van der Waals surface area (Å²) in [5.41, 5.74) is 1.70. The summed E-state index contributed by atoms with van der Waals surface area (Å²) in [5.74, 6) is -0.0994. The van der Waals surface area contributed by atoms with Crippen molar-refractivity contribution < 1.29 is 8.42 Å². The van der Waals surface area contributed by atoms with E-state index in [-0.39, 0.29) is 12.3 Å². The predicted molar refractivity (Wildman–Crippen MR) is 67.8 cm³/mol. The minimum Gasteiger partial charge on any atom is -0.384 e. The summed E-state index contributed by atoms with van der Waals surface area (Å²) in [4.78, 5) is 3.85. The number of hydrogen-bond acceptors (Lipinski definition) is 5.